The summed E-state index contributed by atoms with van der Waals surface area (Å²) < 4.78 is 15.8. The topological polar surface area (TPSA) is 51.8 Å². The Kier molecular flexibility index (Phi) is 3.49. The highest BCUT2D eigenvalue weighted by Crippen LogP contribution is 2.20. The van der Waals surface area contributed by atoms with Crippen LogP contribution < -0.4 is 10.4 Å². The number of hydrogen-bond donors (Lipinski definition) is 1. The Morgan fingerprint density at radius 2 is 2.25 bits per heavy atom. The Balaban J connectivity index is 2.15. The largest absolute Gasteiger partial charge is 0.468 e. The van der Waals surface area contributed by atoms with Crippen molar-refractivity contribution in [3.05, 3.63) is 24.3 Å². The summed E-state index contributed by atoms with van der Waals surface area (Å²) in [4.78, 5) is 0. The van der Waals surface area contributed by atoms with Gasteiger partial charge in [0.2, 0.25) is 0 Å². The van der Waals surface area contributed by atoms with E-state index in [0.717, 1.165) is 16.7 Å². The summed E-state index contributed by atoms with van der Waals surface area (Å²) in [7, 11) is -0.0934. The molecule has 0 fully saturated rings. The molecule has 2 rings (SSSR count). The molecule has 1 aromatic carbocycles. The van der Waals surface area contributed by atoms with Crippen LogP contribution in [0.15, 0.2) is 28.7 Å². The number of rotatable bonds is 5. The molecule has 84 valence electrons. The fourth-order valence-corrected chi connectivity index (χ4v) is 1.44. The molecular formula is C11H13BO4. The molecule has 0 amide bonds. The quantitative estimate of drug-likeness (QED) is 0.459. The van der Waals surface area contributed by atoms with E-state index in [1.54, 1.807) is 6.07 Å². The van der Waals surface area contributed by atoms with E-state index in [1.807, 2.05) is 25.1 Å². The van der Waals surface area contributed by atoms with Crippen molar-refractivity contribution >= 4 is 24.1 Å². The summed E-state index contributed by atoms with van der Waals surface area (Å²) in [5.74, 6) is 0.728. The zero-order chi connectivity index (χ0) is 11.4. The van der Waals surface area contributed by atoms with E-state index in [-0.39, 0.29) is 14.3 Å². The Morgan fingerprint density at radius 1 is 1.38 bits per heavy atom. The van der Waals surface area contributed by atoms with Crippen LogP contribution in [0.3, 0.4) is 0 Å². The molecule has 0 aliphatic rings. The van der Waals surface area contributed by atoms with Crippen molar-refractivity contribution in [2.75, 3.05) is 13.4 Å². The summed E-state index contributed by atoms with van der Waals surface area (Å²) in [6.07, 6.45) is 0. The van der Waals surface area contributed by atoms with Gasteiger partial charge in [0.25, 0.3) is 0 Å². The molecule has 0 aliphatic carbocycles. The van der Waals surface area contributed by atoms with Crippen LogP contribution in [-0.4, -0.2) is 25.9 Å². The van der Waals surface area contributed by atoms with Crippen molar-refractivity contribution in [2.24, 2.45) is 0 Å². The molecule has 5 heteroatoms. The van der Waals surface area contributed by atoms with Gasteiger partial charge in [-0.3, -0.25) is 0 Å². The van der Waals surface area contributed by atoms with E-state index in [9.17, 15) is 0 Å². The molecule has 0 bridgehead atoms. The maximum atomic E-state index is 8.94. The molecule has 0 spiro atoms. The highest BCUT2D eigenvalue weighted by Gasteiger charge is 2.05. The summed E-state index contributed by atoms with van der Waals surface area (Å²) >= 11 is 0. The number of benzene rings is 1. The van der Waals surface area contributed by atoms with Crippen LogP contribution >= 0.6 is 0 Å². The number of ether oxygens (including phenoxy) is 2. The third kappa shape index (κ3) is 2.37. The number of hydrogen-bond acceptors (Lipinski definition) is 4. The zero-order valence-electron chi connectivity index (χ0n) is 9.10. The van der Waals surface area contributed by atoms with Gasteiger partial charge in [-0.25, -0.2) is 0 Å². The lowest BCUT2D eigenvalue weighted by Crippen LogP contribution is -2.08. The van der Waals surface area contributed by atoms with Crippen molar-refractivity contribution in [3.63, 3.8) is 0 Å². The van der Waals surface area contributed by atoms with E-state index in [0.29, 0.717) is 12.3 Å². The highest BCUT2D eigenvalue weighted by molar-refractivity contribution is 6.44. The van der Waals surface area contributed by atoms with Gasteiger partial charge in [0, 0.05) is 12.0 Å². The molecule has 0 saturated carbocycles. The van der Waals surface area contributed by atoms with E-state index in [4.69, 9.17) is 18.9 Å². The summed E-state index contributed by atoms with van der Waals surface area (Å²) in [6, 6.07) is 7.28. The SMILES string of the molecule is CCOCOc1ccc2oc(BO)cc2c1. The lowest BCUT2D eigenvalue weighted by Gasteiger charge is -2.04. The minimum Gasteiger partial charge on any atom is -0.468 e. The van der Waals surface area contributed by atoms with Gasteiger partial charge >= 0.3 is 7.48 Å². The Bertz CT molecular complexity index is 466. The van der Waals surface area contributed by atoms with E-state index in [1.165, 1.54) is 0 Å². The molecule has 1 aromatic heterocycles. The van der Waals surface area contributed by atoms with Crippen LogP contribution in [0.2, 0.25) is 0 Å². The average Bonchev–Trinajstić information content (AvgIpc) is 2.71. The van der Waals surface area contributed by atoms with Gasteiger partial charge in [0.1, 0.15) is 11.3 Å². The van der Waals surface area contributed by atoms with Crippen LogP contribution in [0.5, 0.6) is 5.75 Å². The van der Waals surface area contributed by atoms with Gasteiger partial charge in [-0.05, 0) is 31.2 Å². The maximum Gasteiger partial charge on any atom is 0.347 e. The smallest absolute Gasteiger partial charge is 0.347 e. The number of fused-ring (bicyclic) bond motifs is 1. The van der Waals surface area contributed by atoms with Gasteiger partial charge in [-0.2, -0.15) is 0 Å². The Labute approximate surface area is 94.0 Å². The summed E-state index contributed by atoms with van der Waals surface area (Å²) in [5, 5.41) is 9.85. The van der Waals surface area contributed by atoms with Crippen molar-refractivity contribution in [2.45, 2.75) is 6.92 Å². The lowest BCUT2D eigenvalue weighted by molar-refractivity contribution is 0.0225. The normalized spacial score (nSPS) is 10.6. The van der Waals surface area contributed by atoms with Crippen molar-refractivity contribution < 1.29 is 18.9 Å². The molecule has 0 radical (unpaired) electrons. The van der Waals surface area contributed by atoms with Gasteiger partial charge < -0.3 is 18.9 Å². The predicted molar refractivity (Wildman–Crippen MR) is 62.3 cm³/mol. The Morgan fingerprint density at radius 3 is 3.00 bits per heavy atom. The van der Waals surface area contributed by atoms with Crippen molar-refractivity contribution in [3.8, 4) is 5.75 Å². The molecule has 0 atom stereocenters. The highest BCUT2D eigenvalue weighted by atomic mass is 16.7. The molecule has 0 aliphatic heterocycles. The molecule has 4 nitrogen and oxygen atoms in total. The van der Waals surface area contributed by atoms with Gasteiger partial charge in [-0.15, -0.1) is 0 Å². The molecule has 2 aromatic rings. The second-order valence-corrected chi connectivity index (χ2v) is 3.33. The van der Waals surface area contributed by atoms with Gasteiger partial charge in [0.05, 0.1) is 5.66 Å². The third-order valence-corrected chi connectivity index (χ3v) is 2.21. The summed E-state index contributed by atoms with van der Waals surface area (Å²) in [6.45, 7) is 2.78. The monoisotopic (exact) mass is 220 g/mol. The van der Waals surface area contributed by atoms with Crippen LogP contribution in [0.25, 0.3) is 11.0 Å². The van der Waals surface area contributed by atoms with E-state index in [2.05, 4.69) is 0 Å². The van der Waals surface area contributed by atoms with E-state index < -0.39 is 0 Å². The average molecular weight is 220 g/mol. The van der Waals surface area contributed by atoms with Gasteiger partial charge in [-0.1, -0.05) is 0 Å². The van der Waals surface area contributed by atoms with Crippen LogP contribution in [0.1, 0.15) is 6.92 Å². The van der Waals surface area contributed by atoms with Crippen LogP contribution in [0.4, 0.5) is 0 Å². The standard InChI is InChI=1S/C11H13BO4/c1-2-14-7-15-9-3-4-10-8(5-9)6-11(12-13)16-10/h3-6,12-13H,2,7H2,1H3. The lowest BCUT2D eigenvalue weighted by atomic mass is 9.98. The second-order valence-electron chi connectivity index (χ2n) is 3.33. The molecule has 1 N–H and O–H groups in total. The number of furan rings is 1. The fraction of sp³-hybridized carbons (Fsp3) is 0.273. The van der Waals surface area contributed by atoms with E-state index >= 15 is 0 Å². The first-order valence-corrected chi connectivity index (χ1v) is 5.17. The first-order chi connectivity index (χ1) is 7.83. The predicted octanol–water partition coefficient (Wildman–Crippen LogP) is 0.775. The molecule has 16 heavy (non-hydrogen) atoms. The summed E-state index contributed by atoms with van der Waals surface area (Å²) in [5.41, 5.74) is 1.30. The van der Waals surface area contributed by atoms with Crippen LogP contribution in [0, 0.1) is 0 Å². The van der Waals surface area contributed by atoms with Crippen LogP contribution in [-0.2, 0) is 4.74 Å². The molecular weight excluding hydrogens is 207 g/mol. The Hall–Kier alpha value is -1.46. The zero-order valence-corrected chi connectivity index (χ0v) is 9.10. The van der Waals surface area contributed by atoms with Crippen molar-refractivity contribution in [1.29, 1.82) is 0 Å². The second kappa shape index (κ2) is 5.05. The van der Waals surface area contributed by atoms with Crippen molar-refractivity contribution in [1.82, 2.24) is 0 Å². The van der Waals surface area contributed by atoms with Gasteiger partial charge in [0.15, 0.2) is 6.79 Å². The molecule has 0 saturated heterocycles. The minimum atomic E-state index is -0.0934. The minimum absolute atomic E-state index is 0.0934. The fourth-order valence-electron chi connectivity index (χ4n) is 1.44. The maximum absolute atomic E-state index is 8.94. The third-order valence-electron chi connectivity index (χ3n) is 2.21. The first kappa shape index (κ1) is 11.0. The molecule has 0 unspecified atom stereocenters. The first-order valence-electron chi connectivity index (χ1n) is 5.17. The molecule has 1 heterocycles.